The zero-order valence-corrected chi connectivity index (χ0v) is 14.6. The van der Waals surface area contributed by atoms with Gasteiger partial charge in [0.15, 0.2) is 0 Å². The first kappa shape index (κ1) is 16.4. The maximum Gasteiger partial charge on any atom is 0.231 e. The molecule has 0 unspecified atom stereocenters. The summed E-state index contributed by atoms with van der Waals surface area (Å²) in [5.74, 6) is -1.13. The van der Waals surface area contributed by atoms with E-state index in [9.17, 15) is 14.0 Å². The van der Waals surface area contributed by atoms with Crippen molar-refractivity contribution in [3.05, 3.63) is 34.0 Å². The van der Waals surface area contributed by atoms with Gasteiger partial charge in [0.2, 0.25) is 16.9 Å². The molecular formula is C16H14ClFN4O2S. The van der Waals surface area contributed by atoms with Gasteiger partial charge in [-0.2, -0.15) is 0 Å². The number of carbonyl (C=O) groups is 2. The molecule has 1 aliphatic heterocycles. The fraction of sp³-hybridized carbons (Fsp3) is 0.375. The van der Waals surface area contributed by atoms with Crippen LogP contribution in [-0.4, -0.2) is 28.6 Å². The molecule has 1 saturated carbocycles. The van der Waals surface area contributed by atoms with Gasteiger partial charge in [-0.15, -0.1) is 10.2 Å². The number of amides is 2. The van der Waals surface area contributed by atoms with E-state index in [1.54, 1.807) is 6.07 Å². The van der Waals surface area contributed by atoms with Gasteiger partial charge in [0.1, 0.15) is 10.8 Å². The minimum absolute atomic E-state index is 0.00701. The van der Waals surface area contributed by atoms with Crippen LogP contribution in [0.2, 0.25) is 5.02 Å². The molecule has 0 spiro atoms. The van der Waals surface area contributed by atoms with Crippen LogP contribution in [0, 0.1) is 11.7 Å². The molecule has 0 radical (unpaired) electrons. The first-order valence-corrected chi connectivity index (χ1v) is 9.10. The van der Waals surface area contributed by atoms with Crippen molar-refractivity contribution >= 4 is 45.6 Å². The lowest BCUT2D eigenvalue weighted by molar-refractivity contribution is -0.122. The summed E-state index contributed by atoms with van der Waals surface area (Å²) < 4.78 is 13.6. The number of nitrogens with one attached hydrogen (secondary N) is 1. The number of aromatic nitrogens is 2. The van der Waals surface area contributed by atoms with Crippen LogP contribution >= 0.6 is 22.9 Å². The minimum Gasteiger partial charge on any atom is -0.311 e. The van der Waals surface area contributed by atoms with Crippen molar-refractivity contribution in [3.8, 4) is 0 Å². The average Bonchev–Trinajstić information content (AvgIpc) is 3.21. The number of hydrogen-bond acceptors (Lipinski definition) is 5. The molecule has 1 atom stereocenters. The number of halogens is 2. The molecule has 2 fully saturated rings. The third-order valence-corrected chi connectivity index (χ3v) is 5.62. The molecule has 0 bridgehead atoms. The van der Waals surface area contributed by atoms with Gasteiger partial charge in [0.05, 0.1) is 10.9 Å². The van der Waals surface area contributed by atoms with E-state index in [2.05, 4.69) is 15.5 Å². The van der Waals surface area contributed by atoms with Crippen molar-refractivity contribution in [1.29, 1.82) is 0 Å². The molecule has 4 rings (SSSR count). The Morgan fingerprint density at radius 2 is 2.16 bits per heavy atom. The molecule has 2 amide bonds. The van der Waals surface area contributed by atoms with E-state index in [-0.39, 0.29) is 29.8 Å². The lowest BCUT2D eigenvalue weighted by atomic mass is 10.1. The van der Waals surface area contributed by atoms with Crippen LogP contribution in [0.25, 0.3) is 0 Å². The highest BCUT2D eigenvalue weighted by atomic mass is 35.5. The average molecular weight is 381 g/mol. The molecule has 25 heavy (non-hydrogen) atoms. The van der Waals surface area contributed by atoms with E-state index >= 15 is 0 Å². The molecule has 2 heterocycles. The summed E-state index contributed by atoms with van der Waals surface area (Å²) in [6.07, 6.45) is 2.31. The number of benzene rings is 1. The summed E-state index contributed by atoms with van der Waals surface area (Å²) in [6.45, 7) is 0.194. The number of rotatable bonds is 4. The number of carbonyl (C=O) groups excluding carboxylic acids is 2. The van der Waals surface area contributed by atoms with Gasteiger partial charge in [-0.05, 0) is 31.0 Å². The van der Waals surface area contributed by atoms with Gasteiger partial charge in [-0.25, -0.2) is 4.39 Å². The maximum absolute atomic E-state index is 13.6. The Morgan fingerprint density at radius 3 is 2.88 bits per heavy atom. The smallest absolute Gasteiger partial charge is 0.231 e. The van der Waals surface area contributed by atoms with Crippen LogP contribution in [-0.2, 0) is 9.59 Å². The topological polar surface area (TPSA) is 75.2 Å². The van der Waals surface area contributed by atoms with Gasteiger partial charge >= 0.3 is 0 Å². The lowest BCUT2D eigenvalue weighted by Gasteiger charge is -2.16. The van der Waals surface area contributed by atoms with E-state index in [4.69, 9.17) is 11.6 Å². The Labute approximate surface area is 152 Å². The molecule has 130 valence electrons. The second-order valence-electron chi connectivity index (χ2n) is 6.21. The third kappa shape index (κ3) is 3.36. The van der Waals surface area contributed by atoms with Gasteiger partial charge in [0.25, 0.3) is 0 Å². The van der Waals surface area contributed by atoms with Crippen LogP contribution in [0.1, 0.15) is 30.2 Å². The van der Waals surface area contributed by atoms with E-state index in [1.807, 2.05) is 0 Å². The minimum atomic E-state index is -0.596. The number of nitrogens with zero attached hydrogens (tertiary/aromatic N) is 3. The monoisotopic (exact) mass is 380 g/mol. The summed E-state index contributed by atoms with van der Waals surface area (Å²) >= 11 is 7.04. The SMILES string of the molecule is O=C(Nc1nnc(C2CC2)s1)[C@@H]1CC(=O)N(c2ccc(Cl)c(F)c2)C1. The zero-order valence-electron chi connectivity index (χ0n) is 13.0. The highest BCUT2D eigenvalue weighted by molar-refractivity contribution is 7.15. The Hall–Kier alpha value is -2.06. The van der Waals surface area contributed by atoms with Crippen molar-refractivity contribution in [2.75, 3.05) is 16.8 Å². The Morgan fingerprint density at radius 1 is 1.36 bits per heavy atom. The van der Waals surface area contributed by atoms with Gasteiger partial charge < -0.3 is 10.2 Å². The van der Waals surface area contributed by atoms with Crippen molar-refractivity contribution in [3.63, 3.8) is 0 Å². The van der Waals surface area contributed by atoms with Crippen molar-refractivity contribution in [2.45, 2.75) is 25.2 Å². The van der Waals surface area contributed by atoms with E-state index in [1.165, 1.54) is 28.4 Å². The lowest BCUT2D eigenvalue weighted by Crippen LogP contribution is -2.28. The summed E-state index contributed by atoms with van der Waals surface area (Å²) in [5, 5.41) is 12.2. The quantitative estimate of drug-likeness (QED) is 0.883. The zero-order chi connectivity index (χ0) is 17.6. The van der Waals surface area contributed by atoms with Crippen LogP contribution in [0.4, 0.5) is 15.2 Å². The fourth-order valence-corrected chi connectivity index (χ4v) is 3.81. The Bertz CT molecular complexity index is 854. The summed E-state index contributed by atoms with van der Waals surface area (Å²) in [6, 6.07) is 4.16. The molecule has 1 aliphatic carbocycles. The first-order chi connectivity index (χ1) is 12.0. The van der Waals surface area contributed by atoms with Crippen molar-refractivity contribution in [1.82, 2.24) is 10.2 Å². The predicted octanol–water partition coefficient (Wildman–Crippen LogP) is 3.20. The van der Waals surface area contributed by atoms with Gasteiger partial charge in [-0.1, -0.05) is 22.9 Å². The maximum atomic E-state index is 13.6. The molecular weight excluding hydrogens is 367 g/mol. The van der Waals surface area contributed by atoms with Crippen molar-refractivity contribution < 1.29 is 14.0 Å². The summed E-state index contributed by atoms with van der Waals surface area (Å²) in [7, 11) is 0. The van der Waals surface area contributed by atoms with Crippen LogP contribution < -0.4 is 10.2 Å². The molecule has 2 aromatic rings. The molecule has 1 aromatic heterocycles. The Balaban J connectivity index is 1.43. The molecule has 9 heteroatoms. The molecule has 1 aromatic carbocycles. The number of hydrogen-bond donors (Lipinski definition) is 1. The molecule has 1 saturated heterocycles. The first-order valence-electron chi connectivity index (χ1n) is 7.91. The van der Waals surface area contributed by atoms with E-state index < -0.39 is 11.7 Å². The highest BCUT2D eigenvalue weighted by Gasteiger charge is 2.36. The van der Waals surface area contributed by atoms with E-state index in [0.717, 1.165) is 17.8 Å². The summed E-state index contributed by atoms with van der Waals surface area (Å²) in [4.78, 5) is 26.0. The number of anilines is 2. The van der Waals surface area contributed by atoms with E-state index in [0.29, 0.717) is 16.7 Å². The van der Waals surface area contributed by atoms with Crippen LogP contribution in [0.3, 0.4) is 0 Å². The molecule has 1 N–H and O–H groups in total. The third-order valence-electron chi connectivity index (χ3n) is 4.31. The normalized spacial score (nSPS) is 20.2. The van der Waals surface area contributed by atoms with Gasteiger partial charge in [0, 0.05) is 24.6 Å². The summed E-state index contributed by atoms with van der Waals surface area (Å²) in [5.41, 5.74) is 0.397. The van der Waals surface area contributed by atoms with Crippen LogP contribution in [0.15, 0.2) is 18.2 Å². The molecule has 6 nitrogen and oxygen atoms in total. The van der Waals surface area contributed by atoms with Crippen molar-refractivity contribution in [2.24, 2.45) is 5.92 Å². The predicted molar refractivity (Wildman–Crippen MR) is 92.4 cm³/mol. The largest absolute Gasteiger partial charge is 0.311 e. The standard InChI is InChI=1S/C16H14ClFN4O2S/c17-11-4-3-10(6-12(11)18)22-7-9(5-13(22)23)14(24)19-16-21-20-15(25-16)8-1-2-8/h3-4,6,8-9H,1-2,5,7H2,(H,19,21,24)/t9-/m1/s1. The second-order valence-corrected chi connectivity index (χ2v) is 7.63. The fourth-order valence-electron chi connectivity index (χ4n) is 2.77. The second kappa shape index (κ2) is 6.34. The van der Waals surface area contributed by atoms with Crippen LogP contribution in [0.5, 0.6) is 0 Å². The van der Waals surface area contributed by atoms with Gasteiger partial charge in [-0.3, -0.25) is 9.59 Å². The highest BCUT2D eigenvalue weighted by Crippen LogP contribution is 2.42. The Kier molecular flexibility index (Phi) is 4.16. The molecule has 2 aliphatic rings.